The Kier molecular flexibility index (Phi) is 3.28. The van der Waals surface area contributed by atoms with Gasteiger partial charge in [0, 0.05) is 7.11 Å². The zero-order valence-corrected chi connectivity index (χ0v) is 6.77. The fraction of sp³-hybridized carbons (Fsp3) is 0.429. The molecule has 0 aliphatic rings. The summed E-state index contributed by atoms with van der Waals surface area (Å²) in [6, 6.07) is 0. The minimum absolute atomic E-state index is 0.189. The third-order valence-electron chi connectivity index (χ3n) is 1.23. The summed E-state index contributed by atoms with van der Waals surface area (Å²) in [4.78, 5) is 3.74. The molecule has 12 heavy (non-hydrogen) atoms. The highest BCUT2D eigenvalue weighted by Gasteiger charge is 2.03. The molecule has 5 heteroatoms. The summed E-state index contributed by atoms with van der Waals surface area (Å²) >= 11 is 0. The molecule has 0 spiro atoms. The van der Waals surface area contributed by atoms with Gasteiger partial charge in [-0.3, -0.25) is 0 Å². The van der Waals surface area contributed by atoms with Crippen LogP contribution in [0.2, 0.25) is 0 Å². The Morgan fingerprint density at radius 1 is 1.58 bits per heavy atom. The van der Waals surface area contributed by atoms with Gasteiger partial charge in [-0.05, 0) is 0 Å². The Hall–Kier alpha value is -1.36. The van der Waals surface area contributed by atoms with Crippen molar-refractivity contribution in [2.45, 2.75) is 0 Å². The molecule has 0 aliphatic heterocycles. The molecule has 0 aliphatic carbocycles. The van der Waals surface area contributed by atoms with Crippen molar-refractivity contribution in [2.75, 3.05) is 20.3 Å². The minimum atomic E-state index is 0.189. The number of hydrogen-bond acceptors (Lipinski definition) is 4. The lowest BCUT2D eigenvalue weighted by molar-refractivity contribution is -0.613. The first kappa shape index (κ1) is 8.73. The summed E-state index contributed by atoms with van der Waals surface area (Å²) in [6.45, 7) is 0.805. The highest BCUT2D eigenvalue weighted by atomic mass is 16.6. The lowest BCUT2D eigenvalue weighted by atomic mass is 10.7. The van der Waals surface area contributed by atoms with Gasteiger partial charge in [-0.2, -0.15) is 0 Å². The Labute approximate surface area is 70.2 Å². The largest absolute Gasteiger partial charge is 0.616 e. The van der Waals surface area contributed by atoms with Gasteiger partial charge >= 0.3 is 5.88 Å². The number of rotatable bonds is 4. The van der Waals surface area contributed by atoms with Crippen molar-refractivity contribution in [3.05, 3.63) is 23.8 Å². The van der Waals surface area contributed by atoms with E-state index in [4.69, 9.17) is 9.47 Å². The first-order valence-electron chi connectivity index (χ1n) is 3.49. The number of aromatic nitrogens is 2. The molecule has 1 aromatic rings. The van der Waals surface area contributed by atoms with Crippen molar-refractivity contribution in [1.82, 2.24) is 4.98 Å². The van der Waals surface area contributed by atoms with Crippen molar-refractivity contribution in [1.29, 1.82) is 0 Å². The van der Waals surface area contributed by atoms with E-state index < -0.39 is 0 Å². The van der Waals surface area contributed by atoms with Gasteiger partial charge < -0.3 is 14.7 Å². The van der Waals surface area contributed by atoms with E-state index in [1.165, 1.54) is 18.6 Å². The zero-order chi connectivity index (χ0) is 8.81. The topological polar surface area (TPSA) is 58.3 Å². The van der Waals surface area contributed by atoms with Crippen LogP contribution in [-0.4, -0.2) is 25.3 Å². The third kappa shape index (κ3) is 2.35. The van der Waals surface area contributed by atoms with E-state index >= 15 is 0 Å². The molecule has 0 aromatic carbocycles. The predicted molar refractivity (Wildman–Crippen MR) is 40.6 cm³/mol. The molecule has 1 aromatic heterocycles. The van der Waals surface area contributed by atoms with Gasteiger partial charge in [-0.15, -0.1) is 4.73 Å². The summed E-state index contributed by atoms with van der Waals surface area (Å²) in [5, 5.41) is 10.9. The molecule has 0 bridgehead atoms. The average Bonchev–Trinajstić information content (AvgIpc) is 2.09. The number of ether oxygens (including phenoxy) is 2. The van der Waals surface area contributed by atoms with Gasteiger partial charge in [0.15, 0.2) is 0 Å². The third-order valence-corrected chi connectivity index (χ3v) is 1.23. The van der Waals surface area contributed by atoms with E-state index in [9.17, 15) is 5.21 Å². The normalized spacial score (nSPS) is 9.75. The molecular formula is C7H10N2O3. The molecule has 5 nitrogen and oxygen atoms in total. The van der Waals surface area contributed by atoms with Crippen LogP contribution in [0.15, 0.2) is 18.6 Å². The SMILES string of the molecule is COCCOc1cncc[n+]1[O-]. The van der Waals surface area contributed by atoms with Gasteiger partial charge in [-0.1, -0.05) is 0 Å². The van der Waals surface area contributed by atoms with Crippen LogP contribution in [0.4, 0.5) is 0 Å². The second-order valence-electron chi connectivity index (χ2n) is 2.08. The molecule has 66 valence electrons. The summed E-state index contributed by atoms with van der Waals surface area (Å²) in [7, 11) is 1.57. The molecule has 0 radical (unpaired) electrons. The average molecular weight is 170 g/mol. The van der Waals surface area contributed by atoms with Crippen LogP contribution in [0, 0.1) is 5.21 Å². The predicted octanol–water partition coefficient (Wildman–Crippen LogP) is -0.260. The fourth-order valence-corrected chi connectivity index (χ4v) is 0.667. The number of nitrogens with zero attached hydrogens (tertiary/aromatic N) is 2. The molecule has 1 heterocycles. The number of methoxy groups -OCH3 is 1. The van der Waals surface area contributed by atoms with Crippen molar-refractivity contribution >= 4 is 0 Å². The number of hydrogen-bond donors (Lipinski definition) is 0. The molecule has 0 atom stereocenters. The maximum absolute atomic E-state index is 10.9. The van der Waals surface area contributed by atoms with Crippen LogP contribution in [-0.2, 0) is 4.74 Å². The Morgan fingerprint density at radius 3 is 3.08 bits per heavy atom. The molecule has 0 unspecified atom stereocenters. The molecular weight excluding hydrogens is 160 g/mol. The molecule has 1 rings (SSSR count). The van der Waals surface area contributed by atoms with Gasteiger partial charge in [-0.25, -0.2) is 4.98 Å². The van der Waals surface area contributed by atoms with E-state index in [1.807, 2.05) is 0 Å². The van der Waals surface area contributed by atoms with Crippen molar-refractivity contribution < 1.29 is 14.2 Å². The molecule has 0 N–H and O–H groups in total. The minimum Gasteiger partial charge on any atom is -0.616 e. The Morgan fingerprint density at radius 2 is 2.42 bits per heavy atom. The quantitative estimate of drug-likeness (QED) is 0.355. The molecule has 0 amide bonds. The maximum atomic E-state index is 10.9. The van der Waals surface area contributed by atoms with E-state index in [2.05, 4.69) is 4.98 Å². The monoisotopic (exact) mass is 170 g/mol. The Balaban J connectivity index is 2.46. The van der Waals surface area contributed by atoms with Crippen molar-refractivity contribution in [3.8, 4) is 5.88 Å². The second kappa shape index (κ2) is 4.50. The lowest BCUT2D eigenvalue weighted by Gasteiger charge is -2.03. The maximum Gasteiger partial charge on any atom is 0.398 e. The van der Waals surface area contributed by atoms with Gasteiger partial charge in [0.1, 0.15) is 12.8 Å². The first-order valence-corrected chi connectivity index (χ1v) is 3.49. The smallest absolute Gasteiger partial charge is 0.398 e. The highest BCUT2D eigenvalue weighted by molar-refractivity contribution is 4.92. The summed E-state index contributed by atoms with van der Waals surface area (Å²) in [5.74, 6) is 0.189. The van der Waals surface area contributed by atoms with E-state index in [0.29, 0.717) is 17.9 Å². The van der Waals surface area contributed by atoms with Crippen LogP contribution < -0.4 is 9.47 Å². The van der Waals surface area contributed by atoms with Crippen LogP contribution in [0.25, 0.3) is 0 Å². The van der Waals surface area contributed by atoms with Gasteiger partial charge in [0.2, 0.25) is 6.20 Å². The van der Waals surface area contributed by atoms with E-state index in [1.54, 1.807) is 7.11 Å². The Bertz CT molecular complexity index is 242. The second-order valence-corrected chi connectivity index (χ2v) is 2.08. The molecule has 0 saturated carbocycles. The highest BCUT2D eigenvalue weighted by Crippen LogP contribution is 1.96. The summed E-state index contributed by atoms with van der Waals surface area (Å²) in [6.07, 6.45) is 4.04. The van der Waals surface area contributed by atoms with E-state index in [0.717, 1.165) is 0 Å². The van der Waals surface area contributed by atoms with Gasteiger partial charge in [0.25, 0.3) is 0 Å². The first-order chi connectivity index (χ1) is 5.84. The van der Waals surface area contributed by atoms with Crippen LogP contribution in [0.3, 0.4) is 0 Å². The summed E-state index contributed by atoms with van der Waals surface area (Å²) in [5.41, 5.74) is 0. The molecule has 0 fully saturated rings. The van der Waals surface area contributed by atoms with E-state index in [-0.39, 0.29) is 5.88 Å². The van der Waals surface area contributed by atoms with Crippen LogP contribution in [0.1, 0.15) is 0 Å². The lowest BCUT2D eigenvalue weighted by Crippen LogP contribution is -2.29. The van der Waals surface area contributed by atoms with Crippen LogP contribution >= 0.6 is 0 Å². The van der Waals surface area contributed by atoms with Crippen molar-refractivity contribution in [3.63, 3.8) is 0 Å². The van der Waals surface area contributed by atoms with Crippen LogP contribution in [0.5, 0.6) is 5.88 Å². The standard InChI is InChI=1S/C7H10N2O3/c1-11-4-5-12-7-6-8-2-3-9(7)10/h2-3,6H,4-5H2,1H3. The van der Waals surface area contributed by atoms with Gasteiger partial charge in [0.05, 0.1) is 12.8 Å². The summed E-state index contributed by atoms with van der Waals surface area (Å²) < 4.78 is 10.4. The van der Waals surface area contributed by atoms with Crippen molar-refractivity contribution in [2.24, 2.45) is 0 Å². The fourth-order valence-electron chi connectivity index (χ4n) is 0.667. The zero-order valence-electron chi connectivity index (χ0n) is 6.77. The molecule has 0 saturated heterocycles.